The van der Waals surface area contributed by atoms with E-state index in [2.05, 4.69) is 0 Å². The van der Waals surface area contributed by atoms with E-state index in [9.17, 15) is 9.90 Å². The van der Waals surface area contributed by atoms with Crippen molar-refractivity contribution >= 4 is 5.78 Å². The molecule has 0 saturated heterocycles. The van der Waals surface area contributed by atoms with Crippen molar-refractivity contribution in [3.05, 3.63) is 64.7 Å². The van der Waals surface area contributed by atoms with Gasteiger partial charge in [-0.25, -0.2) is 0 Å². The zero-order chi connectivity index (χ0) is 18.0. The molecule has 1 atom stereocenters. The Labute approximate surface area is 147 Å². The van der Waals surface area contributed by atoms with Crippen LogP contribution in [0, 0.1) is 0 Å². The van der Waals surface area contributed by atoms with Gasteiger partial charge in [-0.05, 0) is 25.8 Å². The number of phenolic OH excluding ortho intramolecular Hbond substituents is 1. The summed E-state index contributed by atoms with van der Waals surface area (Å²) in [5, 5.41) is 10.4. The van der Waals surface area contributed by atoms with E-state index >= 15 is 0 Å². The highest BCUT2D eigenvalue weighted by Gasteiger charge is 2.33. The van der Waals surface area contributed by atoms with Crippen molar-refractivity contribution in [2.24, 2.45) is 0 Å². The Kier molecular flexibility index (Phi) is 4.79. The number of fused-ring (bicyclic) bond motifs is 1. The second-order valence-electron chi connectivity index (χ2n) is 6.41. The number of Topliss-reactive ketones (excluding diaryl/α,β-unsaturated/α-hetero) is 1. The van der Waals surface area contributed by atoms with E-state index in [1.807, 2.05) is 50.3 Å². The fraction of sp³-hybridized carbons (Fsp3) is 0.286. The van der Waals surface area contributed by atoms with Crippen molar-refractivity contribution in [3.8, 4) is 17.2 Å². The number of rotatable bonds is 4. The Balaban J connectivity index is 2.11. The summed E-state index contributed by atoms with van der Waals surface area (Å²) in [4.78, 5) is 12.8. The maximum Gasteiger partial charge on any atom is 0.174 e. The second-order valence-corrected chi connectivity index (χ2v) is 6.41. The number of carbonyl (C=O) groups excluding carboxylic acids is 1. The van der Waals surface area contributed by atoms with E-state index in [1.165, 1.54) is 13.2 Å². The third-order valence-corrected chi connectivity index (χ3v) is 4.34. The summed E-state index contributed by atoms with van der Waals surface area (Å²) in [5.74, 6) is 0.824. The van der Waals surface area contributed by atoms with Crippen LogP contribution in [0.3, 0.4) is 0 Å². The number of ether oxygens (including phenoxy) is 2. The zero-order valence-corrected chi connectivity index (χ0v) is 14.7. The van der Waals surface area contributed by atoms with Gasteiger partial charge in [0.2, 0.25) is 0 Å². The van der Waals surface area contributed by atoms with Crippen molar-refractivity contribution in [1.29, 1.82) is 0 Å². The summed E-state index contributed by atoms with van der Waals surface area (Å²) < 4.78 is 11.5. The smallest absolute Gasteiger partial charge is 0.174 e. The number of allylic oxidation sites excluding steroid dienone is 2. The SMILES string of the molecule is COc1cc(O)c(CC=C(C)C)c2c1C(=O)CC(c1ccccc1)O2. The minimum atomic E-state index is -0.363. The molecular formula is C21H22O4. The second kappa shape index (κ2) is 7.01. The molecule has 0 bridgehead atoms. The molecule has 0 fully saturated rings. The summed E-state index contributed by atoms with van der Waals surface area (Å²) in [5.41, 5.74) is 3.11. The van der Waals surface area contributed by atoms with Gasteiger partial charge in [0, 0.05) is 11.6 Å². The normalized spacial score (nSPS) is 16.0. The summed E-state index contributed by atoms with van der Waals surface area (Å²) in [6.07, 6.45) is 2.38. The van der Waals surface area contributed by atoms with Gasteiger partial charge in [0.25, 0.3) is 0 Å². The van der Waals surface area contributed by atoms with Crippen molar-refractivity contribution in [2.75, 3.05) is 7.11 Å². The van der Waals surface area contributed by atoms with Gasteiger partial charge in [0.1, 0.15) is 28.9 Å². The van der Waals surface area contributed by atoms with E-state index in [4.69, 9.17) is 9.47 Å². The Morgan fingerprint density at radius 3 is 2.68 bits per heavy atom. The molecule has 1 aliphatic rings. The van der Waals surface area contributed by atoms with Gasteiger partial charge in [0.15, 0.2) is 5.78 Å². The van der Waals surface area contributed by atoms with Crippen LogP contribution in [0.15, 0.2) is 48.0 Å². The van der Waals surface area contributed by atoms with Crippen LogP contribution in [0.5, 0.6) is 17.2 Å². The number of phenols is 1. The molecule has 1 N–H and O–H groups in total. The predicted molar refractivity (Wildman–Crippen MR) is 96.6 cm³/mol. The molecule has 2 aromatic rings. The van der Waals surface area contributed by atoms with Gasteiger partial charge in [-0.3, -0.25) is 4.79 Å². The monoisotopic (exact) mass is 338 g/mol. The van der Waals surface area contributed by atoms with E-state index in [0.717, 1.165) is 11.1 Å². The molecule has 0 saturated carbocycles. The highest BCUT2D eigenvalue weighted by atomic mass is 16.5. The fourth-order valence-electron chi connectivity index (χ4n) is 3.03. The Bertz CT molecular complexity index is 818. The molecule has 0 aromatic heterocycles. The minimum absolute atomic E-state index is 0.0367. The van der Waals surface area contributed by atoms with Crippen LogP contribution < -0.4 is 9.47 Å². The minimum Gasteiger partial charge on any atom is -0.507 e. The Hall–Kier alpha value is -2.75. The number of ketones is 1. The average Bonchev–Trinajstić information content (AvgIpc) is 2.60. The van der Waals surface area contributed by atoms with Gasteiger partial charge < -0.3 is 14.6 Å². The summed E-state index contributed by atoms with van der Waals surface area (Å²) in [6.45, 7) is 3.98. The van der Waals surface area contributed by atoms with Gasteiger partial charge in [-0.2, -0.15) is 0 Å². The van der Waals surface area contributed by atoms with Crippen LogP contribution in [0.25, 0.3) is 0 Å². The van der Waals surface area contributed by atoms with Crippen LogP contribution in [-0.2, 0) is 6.42 Å². The van der Waals surface area contributed by atoms with Gasteiger partial charge >= 0.3 is 0 Å². The molecule has 25 heavy (non-hydrogen) atoms. The van der Waals surface area contributed by atoms with Crippen LogP contribution >= 0.6 is 0 Å². The summed E-state index contributed by atoms with van der Waals surface area (Å²) in [6, 6.07) is 11.2. The third kappa shape index (κ3) is 3.38. The molecule has 0 radical (unpaired) electrons. The lowest BCUT2D eigenvalue weighted by molar-refractivity contribution is 0.0842. The first kappa shape index (κ1) is 17.1. The molecule has 0 aliphatic carbocycles. The number of carbonyl (C=O) groups is 1. The maximum absolute atomic E-state index is 12.8. The van der Waals surface area contributed by atoms with E-state index in [-0.39, 0.29) is 24.1 Å². The van der Waals surface area contributed by atoms with Crippen molar-refractivity contribution < 1.29 is 19.4 Å². The highest BCUT2D eigenvalue weighted by molar-refractivity contribution is 6.03. The number of hydrogen-bond acceptors (Lipinski definition) is 4. The largest absolute Gasteiger partial charge is 0.507 e. The highest BCUT2D eigenvalue weighted by Crippen LogP contribution is 2.45. The summed E-state index contributed by atoms with van der Waals surface area (Å²) in [7, 11) is 1.49. The van der Waals surface area contributed by atoms with Crippen molar-refractivity contribution in [2.45, 2.75) is 32.8 Å². The van der Waals surface area contributed by atoms with Gasteiger partial charge in [-0.15, -0.1) is 0 Å². The molecule has 1 unspecified atom stereocenters. The first-order valence-corrected chi connectivity index (χ1v) is 8.32. The van der Waals surface area contributed by atoms with Crippen LogP contribution in [0.2, 0.25) is 0 Å². The molecule has 0 spiro atoms. The molecule has 1 aliphatic heterocycles. The van der Waals surface area contributed by atoms with E-state index < -0.39 is 0 Å². The first-order valence-electron chi connectivity index (χ1n) is 8.32. The first-order chi connectivity index (χ1) is 12.0. The fourth-order valence-corrected chi connectivity index (χ4v) is 3.03. The molecule has 130 valence electrons. The summed E-state index contributed by atoms with van der Waals surface area (Å²) >= 11 is 0. The van der Waals surface area contributed by atoms with E-state index in [0.29, 0.717) is 29.0 Å². The van der Waals surface area contributed by atoms with Crippen LogP contribution in [0.4, 0.5) is 0 Å². The topological polar surface area (TPSA) is 55.8 Å². The van der Waals surface area contributed by atoms with Crippen LogP contribution in [-0.4, -0.2) is 18.0 Å². The van der Waals surface area contributed by atoms with E-state index in [1.54, 1.807) is 0 Å². The lowest BCUT2D eigenvalue weighted by Gasteiger charge is -2.29. The molecular weight excluding hydrogens is 316 g/mol. The number of hydrogen-bond donors (Lipinski definition) is 1. The van der Waals surface area contributed by atoms with Gasteiger partial charge in [-0.1, -0.05) is 42.0 Å². The van der Waals surface area contributed by atoms with Crippen molar-refractivity contribution in [1.82, 2.24) is 0 Å². The lowest BCUT2D eigenvalue weighted by Crippen LogP contribution is -2.22. The van der Waals surface area contributed by atoms with Gasteiger partial charge in [0.05, 0.1) is 13.5 Å². The maximum atomic E-state index is 12.8. The number of methoxy groups -OCH3 is 1. The molecule has 0 amide bonds. The molecule has 4 heteroatoms. The molecule has 1 heterocycles. The Morgan fingerprint density at radius 2 is 2.04 bits per heavy atom. The average molecular weight is 338 g/mol. The van der Waals surface area contributed by atoms with Crippen LogP contribution in [0.1, 0.15) is 47.9 Å². The number of benzene rings is 2. The zero-order valence-electron chi connectivity index (χ0n) is 14.7. The predicted octanol–water partition coefficient (Wildman–Crippen LogP) is 4.62. The molecule has 3 rings (SSSR count). The van der Waals surface area contributed by atoms with Crippen molar-refractivity contribution in [3.63, 3.8) is 0 Å². The third-order valence-electron chi connectivity index (χ3n) is 4.34. The molecule has 4 nitrogen and oxygen atoms in total. The quantitative estimate of drug-likeness (QED) is 0.827. The molecule has 2 aromatic carbocycles. The standard InChI is InChI=1S/C21H22O4/c1-13(2)9-10-15-16(22)11-19(24-3)20-17(23)12-18(25-21(15)20)14-7-5-4-6-8-14/h4-9,11,18,22H,10,12H2,1-3H3. The number of aromatic hydroxyl groups is 1. The Morgan fingerprint density at radius 1 is 1.32 bits per heavy atom. The lowest BCUT2D eigenvalue weighted by atomic mass is 9.92.